The van der Waals surface area contributed by atoms with Crippen LogP contribution in [-0.2, 0) is 4.74 Å². The van der Waals surface area contributed by atoms with E-state index >= 15 is 0 Å². The van der Waals surface area contributed by atoms with E-state index in [2.05, 4.69) is 35.1 Å². The molecule has 1 aromatic heterocycles. The number of fused-ring (bicyclic) bond motifs is 1. The fraction of sp³-hybridized carbons (Fsp3) is 0.619. The zero-order chi connectivity index (χ0) is 19.0. The van der Waals surface area contributed by atoms with E-state index in [0.717, 1.165) is 45.1 Å². The molecule has 6 heteroatoms. The largest absolute Gasteiger partial charge is 0.370 e. The van der Waals surface area contributed by atoms with Gasteiger partial charge in [0.25, 0.3) is 5.91 Å². The fourth-order valence-electron chi connectivity index (χ4n) is 5.11. The van der Waals surface area contributed by atoms with Gasteiger partial charge in [-0.05, 0) is 39.2 Å². The Hall–Kier alpha value is -1.79. The molecule has 0 aliphatic carbocycles. The van der Waals surface area contributed by atoms with Gasteiger partial charge in [0.05, 0.1) is 23.5 Å². The first-order valence-electron chi connectivity index (χ1n) is 9.89. The van der Waals surface area contributed by atoms with Crippen LogP contribution in [-0.4, -0.2) is 53.7 Å². The number of carbonyl (C=O) groups excluding carboxylic acids is 1. The van der Waals surface area contributed by atoms with E-state index in [4.69, 9.17) is 4.74 Å². The highest BCUT2D eigenvalue weighted by Crippen LogP contribution is 2.54. The molecule has 0 saturated carbocycles. The van der Waals surface area contributed by atoms with Crippen molar-refractivity contribution in [1.82, 2.24) is 15.2 Å². The van der Waals surface area contributed by atoms with E-state index in [1.54, 1.807) is 0 Å². The van der Waals surface area contributed by atoms with E-state index in [1.165, 1.54) is 17.8 Å². The average Bonchev–Trinajstić information content (AvgIpc) is 3.27. The predicted octanol–water partition coefficient (Wildman–Crippen LogP) is 2.79. The third kappa shape index (κ3) is 3.65. The van der Waals surface area contributed by atoms with Crippen molar-refractivity contribution in [3.8, 4) is 0 Å². The third-order valence-corrected chi connectivity index (χ3v) is 6.32. The molecule has 3 aliphatic heterocycles. The van der Waals surface area contributed by atoms with Gasteiger partial charge in [-0.3, -0.25) is 14.7 Å². The number of rotatable bonds is 6. The number of allylic oxidation sites excluding steroid dienone is 1. The minimum Gasteiger partial charge on any atom is -0.370 e. The summed E-state index contributed by atoms with van der Waals surface area (Å²) in [5.41, 5.74) is 1.60. The quantitative estimate of drug-likeness (QED) is 0.779. The van der Waals surface area contributed by atoms with Crippen LogP contribution in [0.25, 0.3) is 0 Å². The lowest BCUT2D eigenvalue weighted by molar-refractivity contribution is 0.00290. The Morgan fingerprint density at radius 3 is 3.11 bits per heavy atom. The number of halogens is 1. The predicted molar refractivity (Wildman–Crippen MR) is 101 cm³/mol. The summed E-state index contributed by atoms with van der Waals surface area (Å²) in [6, 6.07) is 1.22. The summed E-state index contributed by atoms with van der Waals surface area (Å²) in [5, 5.41) is 2.98. The van der Waals surface area contributed by atoms with Gasteiger partial charge in [-0.25, -0.2) is 4.39 Å². The Bertz CT molecular complexity index is 749. The topological polar surface area (TPSA) is 54.5 Å². The van der Waals surface area contributed by atoms with Gasteiger partial charge in [0.15, 0.2) is 0 Å². The molecule has 1 aromatic rings. The van der Waals surface area contributed by atoms with Gasteiger partial charge in [-0.15, -0.1) is 0 Å². The maximum Gasteiger partial charge on any atom is 0.252 e. The number of ether oxygens (including phenoxy) is 1. The second-order valence-corrected chi connectivity index (χ2v) is 8.44. The monoisotopic (exact) mass is 373 g/mol. The summed E-state index contributed by atoms with van der Waals surface area (Å²) in [6.45, 7) is 7.95. The smallest absolute Gasteiger partial charge is 0.252 e. The molecule has 27 heavy (non-hydrogen) atoms. The number of nitrogens with zero attached hydrogens (tertiary/aromatic N) is 2. The van der Waals surface area contributed by atoms with Crippen LogP contribution >= 0.6 is 0 Å². The Morgan fingerprint density at radius 1 is 1.48 bits per heavy atom. The number of likely N-dealkylation sites (tertiary alicyclic amines) is 1. The molecular weight excluding hydrogens is 345 g/mol. The fourth-order valence-corrected chi connectivity index (χ4v) is 5.11. The van der Waals surface area contributed by atoms with Crippen LogP contribution in [0, 0.1) is 17.7 Å². The Balaban J connectivity index is 1.37. The highest BCUT2D eigenvalue weighted by atomic mass is 19.1. The molecule has 0 aromatic carbocycles. The van der Waals surface area contributed by atoms with Crippen LogP contribution in [0.2, 0.25) is 0 Å². The van der Waals surface area contributed by atoms with Gasteiger partial charge in [0, 0.05) is 44.2 Å². The highest BCUT2D eigenvalue weighted by molar-refractivity contribution is 5.93. The SMILES string of the molecule is CC(C)=CCCN1C[C@@H]2[C@H](CNC(=O)c3cncc(F)c3)[C@H]3CC[C@]2(C1)O3. The summed E-state index contributed by atoms with van der Waals surface area (Å²) in [7, 11) is 0. The van der Waals surface area contributed by atoms with Gasteiger partial charge in [-0.2, -0.15) is 0 Å². The number of pyridine rings is 1. The van der Waals surface area contributed by atoms with Gasteiger partial charge < -0.3 is 10.1 Å². The highest BCUT2D eigenvalue weighted by Gasteiger charge is 2.62. The number of amides is 1. The molecule has 0 unspecified atom stereocenters. The number of hydrogen-bond acceptors (Lipinski definition) is 4. The van der Waals surface area contributed by atoms with Crippen molar-refractivity contribution in [3.05, 3.63) is 41.5 Å². The van der Waals surface area contributed by atoms with E-state index in [9.17, 15) is 9.18 Å². The summed E-state index contributed by atoms with van der Waals surface area (Å²) < 4.78 is 19.7. The Morgan fingerprint density at radius 2 is 2.33 bits per heavy atom. The molecule has 3 aliphatic rings. The van der Waals surface area contributed by atoms with Crippen LogP contribution in [0.5, 0.6) is 0 Å². The van der Waals surface area contributed by atoms with Crippen molar-refractivity contribution in [2.75, 3.05) is 26.2 Å². The van der Waals surface area contributed by atoms with Crippen molar-refractivity contribution in [3.63, 3.8) is 0 Å². The van der Waals surface area contributed by atoms with E-state index in [0.29, 0.717) is 18.4 Å². The van der Waals surface area contributed by atoms with Crippen molar-refractivity contribution in [1.29, 1.82) is 0 Å². The summed E-state index contributed by atoms with van der Waals surface area (Å²) in [5.74, 6) is 0.0384. The minimum absolute atomic E-state index is 0.0224. The first-order valence-corrected chi connectivity index (χ1v) is 9.89. The normalized spacial score (nSPS) is 31.7. The van der Waals surface area contributed by atoms with Gasteiger partial charge in [0.2, 0.25) is 0 Å². The molecule has 3 fully saturated rings. The number of carbonyl (C=O) groups is 1. The zero-order valence-corrected chi connectivity index (χ0v) is 16.1. The van der Waals surface area contributed by atoms with Crippen molar-refractivity contribution >= 4 is 5.91 Å². The molecule has 146 valence electrons. The van der Waals surface area contributed by atoms with Crippen molar-refractivity contribution < 1.29 is 13.9 Å². The van der Waals surface area contributed by atoms with E-state index in [-0.39, 0.29) is 23.2 Å². The maximum absolute atomic E-state index is 13.3. The molecule has 3 saturated heterocycles. The number of nitrogens with one attached hydrogen (secondary N) is 1. The summed E-state index contributed by atoms with van der Waals surface area (Å²) in [4.78, 5) is 18.6. The van der Waals surface area contributed by atoms with Crippen molar-refractivity contribution in [2.45, 2.75) is 44.8 Å². The minimum atomic E-state index is -0.493. The molecule has 1 N–H and O–H groups in total. The van der Waals surface area contributed by atoms with Gasteiger partial charge >= 0.3 is 0 Å². The molecule has 4 atom stereocenters. The number of hydrogen-bond donors (Lipinski definition) is 1. The van der Waals surface area contributed by atoms with Crippen LogP contribution in [0.4, 0.5) is 4.39 Å². The molecule has 0 radical (unpaired) electrons. The van der Waals surface area contributed by atoms with Crippen LogP contribution in [0.1, 0.15) is 43.5 Å². The Kier molecular flexibility index (Phi) is 5.03. The lowest BCUT2D eigenvalue weighted by Gasteiger charge is -2.29. The van der Waals surface area contributed by atoms with Gasteiger partial charge in [-0.1, -0.05) is 11.6 Å². The third-order valence-electron chi connectivity index (χ3n) is 6.32. The van der Waals surface area contributed by atoms with Crippen LogP contribution in [0.15, 0.2) is 30.1 Å². The first-order chi connectivity index (χ1) is 13.0. The maximum atomic E-state index is 13.3. The van der Waals surface area contributed by atoms with Gasteiger partial charge in [0.1, 0.15) is 5.82 Å². The van der Waals surface area contributed by atoms with Crippen LogP contribution < -0.4 is 5.32 Å². The molecule has 4 heterocycles. The van der Waals surface area contributed by atoms with E-state index in [1.807, 2.05) is 0 Å². The second-order valence-electron chi connectivity index (χ2n) is 8.44. The molecule has 5 nitrogen and oxygen atoms in total. The molecular formula is C21H28FN3O2. The molecule has 1 amide bonds. The van der Waals surface area contributed by atoms with Crippen molar-refractivity contribution in [2.24, 2.45) is 11.8 Å². The zero-order valence-electron chi connectivity index (χ0n) is 16.1. The molecule has 1 spiro atoms. The van der Waals surface area contributed by atoms with Crippen LogP contribution in [0.3, 0.4) is 0 Å². The lowest BCUT2D eigenvalue weighted by atomic mass is 9.73. The lowest BCUT2D eigenvalue weighted by Crippen LogP contribution is -2.41. The first kappa shape index (κ1) is 18.6. The standard InChI is InChI=1S/C21H28FN3O2/c1-14(2)4-3-7-25-12-18-17(19-5-6-21(18,13-25)27-19)11-24-20(26)15-8-16(22)10-23-9-15/h4,8-10,17-19H,3,5-7,11-13H2,1-2H3,(H,24,26)/t17-,18+,19+,21+/m0/s1. The second kappa shape index (κ2) is 7.32. The molecule has 4 rings (SSSR count). The Labute approximate surface area is 160 Å². The average molecular weight is 373 g/mol. The molecule has 2 bridgehead atoms. The number of aromatic nitrogens is 1. The summed E-state index contributed by atoms with van der Waals surface area (Å²) >= 11 is 0. The van der Waals surface area contributed by atoms with E-state index < -0.39 is 5.82 Å². The summed E-state index contributed by atoms with van der Waals surface area (Å²) in [6.07, 6.45) is 8.29.